The molecule has 16 heavy (non-hydrogen) atoms. The van der Waals surface area contributed by atoms with Gasteiger partial charge in [0.2, 0.25) is 0 Å². The molecule has 0 aliphatic rings. The molecule has 0 unspecified atom stereocenters. The number of aromatic hydroxyl groups is 2. The number of aliphatic hydroxyl groups excluding tert-OH is 1. The Morgan fingerprint density at radius 2 is 1.88 bits per heavy atom. The van der Waals surface area contributed by atoms with E-state index in [9.17, 15) is 10.2 Å². The van der Waals surface area contributed by atoms with Crippen molar-refractivity contribution >= 4 is 12.4 Å². The molecule has 5 N–H and O–H groups in total. The molecule has 0 fully saturated rings. The van der Waals surface area contributed by atoms with Gasteiger partial charge in [-0.3, -0.25) is 0 Å². The lowest BCUT2D eigenvalue weighted by Gasteiger charge is -2.30. The van der Waals surface area contributed by atoms with Gasteiger partial charge in [-0.1, -0.05) is 26.0 Å². The van der Waals surface area contributed by atoms with Crippen LogP contribution in [0.4, 0.5) is 0 Å². The number of phenols is 2. The number of aliphatic hydroxyl groups is 1. The lowest BCUT2D eigenvalue weighted by molar-refractivity contribution is 0.131. The topological polar surface area (TPSA) is 86.7 Å². The first-order valence-electron chi connectivity index (χ1n) is 4.77. The second-order valence-corrected chi connectivity index (χ2v) is 4.34. The fraction of sp³-hybridized carbons (Fsp3) is 0.455. The van der Waals surface area contributed by atoms with Gasteiger partial charge in [0, 0.05) is 23.6 Å². The van der Waals surface area contributed by atoms with Crippen LogP contribution >= 0.6 is 12.4 Å². The van der Waals surface area contributed by atoms with Crippen LogP contribution in [0.1, 0.15) is 25.5 Å². The summed E-state index contributed by atoms with van der Waals surface area (Å²) in [6.07, 6.45) is 0. The molecule has 1 aromatic rings. The zero-order valence-corrected chi connectivity index (χ0v) is 10.2. The standard InChI is InChI=1S/C11H17NO3.ClH/c1-11(2,6-13)10(12)7-4-3-5-8(14)9(7)15;/h3-5,10,13-15H,6,12H2,1-2H3;1H/t10-;/m1./s1. The first-order chi connectivity index (χ1) is 6.90. The van der Waals surface area contributed by atoms with Crippen molar-refractivity contribution in [1.82, 2.24) is 0 Å². The van der Waals surface area contributed by atoms with Crippen molar-refractivity contribution in [3.8, 4) is 11.5 Å². The molecular weight excluding hydrogens is 230 g/mol. The zero-order valence-electron chi connectivity index (χ0n) is 9.34. The molecule has 92 valence electrons. The summed E-state index contributed by atoms with van der Waals surface area (Å²) in [5.74, 6) is -0.414. The van der Waals surface area contributed by atoms with Gasteiger partial charge in [-0.2, -0.15) is 0 Å². The van der Waals surface area contributed by atoms with Crippen molar-refractivity contribution in [2.45, 2.75) is 19.9 Å². The highest BCUT2D eigenvalue weighted by Gasteiger charge is 2.29. The van der Waals surface area contributed by atoms with Gasteiger partial charge in [-0.05, 0) is 6.07 Å². The quantitative estimate of drug-likeness (QED) is 0.611. The normalized spacial score (nSPS) is 13.0. The Bertz CT molecular complexity index is 355. The number of para-hydroxylation sites is 1. The molecule has 0 bridgehead atoms. The van der Waals surface area contributed by atoms with E-state index in [0.29, 0.717) is 5.56 Å². The molecule has 1 atom stereocenters. The molecule has 0 aromatic heterocycles. The first-order valence-corrected chi connectivity index (χ1v) is 4.77. The zero-order chi connectivity index (χ0) is 11.6. The maximum absolute atomic E-state index is 9.62. The fourth-order valence-electron chi connectivity index (χ4n) is 1.32. The minimum absolute atomic E-state index is 0. The van der Waals surface area contributed by atoms with Crippen LogP contribution in [0.25, 0.3) is 0 Å². The average Bonchev–Trinajstić information content (AvgIpc) is 2.21. The summed E-state index contributed by atoms with van der Waals surface area (Å²) < 4.78 is 0. The van der Waals surface area contributed by atoms with E-state index in [2.05, 4.69) is 0 Å². The highest BCUT2D eigenvalue weighted by molar-refractivity contribution is 5.85. The molecule has 0 radical (unpaired) electrons. The Hall–Kier alpha value is -0.970. The highest BCUT2D eigenvalue weighted by atomic mass is 35.5. The molecule has 4 nitrogen and oxygen atoms in total. The molecule has 1 rings (SSSR count). The SMILES string of the molecule is CC(C)(CO)[C@H](N)c1cccc(O)c1O.Cl. The van der Waals surface area contributed by atoms with E-state index < -0.39 is 11.5 Å². The Kier molecular flexibility index (Phi) is 5.06. The van der Waals surface area contributed by atoms with Crippen LogP contribution in [0.15, 0.2) is 18.2 Å². The van der Waals surface area contributed by atoms with Gasteiger partial charge in [0.05, 0.1) is 0 Å². The predicted molar refractivity (Wildman–Crippen MR) is 64.8 cm³/mol. The molecular formula is C11H18ClNO3. The maximum atomic E-state index is 9.62. The van der Waals surface area contributed by atoms with E-state index in [0.717, 1.165) is 0 Å². The fourth-order valence-corrected chi connectivity index (χ4v) is 1.32. The third-order valence-electron chi connectivity index (χ3n) is 2.63. The maximum Gasteiger partial charge on any atom is 0.162 e. The minimum atomic E-state index is -0.550. The smallest absolute Gasteiger partial charge is 0.162 e. The summed E-state index contributed by atoms with van der Waals surface area (Å²) in [5.41, 5.74) is 5.81. The van der Waals surface area contributed by atoms with Crippen LogP contribution in [0, 0.1) is 5.41 Å². The lowest BCUT2D eigenvalue weighted by Crippen LogP contribution is -2.32. The van der Waals surface area contributed by atoms with Crippen molar-refractivity contribution in [3.05, 3.63) is 23.8 Å². The van der Waals surface area contributed by atoms with E-state index in [1.807, 2.05) is 0 Å². The molecule has 0 heterocycles. The Morgan fingerprint density at radius 1 is 1.31 bits per heavy atom. The van der Waals surface area contributed by atoms with Crippen LogP contribution in [0.3, 0.4) is 0 Å². The predicted octanol–water partition coefficient (Wildman–Crippen LogP) is 1.54. The van der Waals surface area contributed by atoms with Crippen molar-refractivity contribution in [2.75, 3.05) is 6.61 Å². The Labute approximate surface area is 101 Å². The molecule has 0 saturated heterocycles. The van der Waals surface area contributed by atoms with Gasteiger partial charge in [0.15, 0.2) is 11.5 Å². The van der Waals surface area contributed by atoms with E-state index in [1.165, 1.54) is 6.07 Å². The minimum Gasteiger partial charge on any atom is -0.504 e. The second kappa shape index (κ2) is 5.39. The van der Waals surface area contributed by atoms with Crippen LogP contribution < -0.4 is 5.73 Å². The second-order valence-electron chi connectivity index (χ2n) is 4.34. The summed E-state index contributed by atoms with van der Waals surface area (Å²) in [6.45, 7) is 3.49. The van der Waals surface area contributed by atoms with Gasteiger partial charge in [0.1, 0.15) is 0 Å². The highest BCUT2D eigenvalue weighted by Crippen LogP contribution is 2.38. The first kappa shape index (κ1) is 15.0. The van der Waals surface area contributed by atoms with E-state index in [-0.39, 0.29) is 30.5 Å². The number of hydrogen-bond acceptors (Lipinski definition) is 4. The summed E-state index contributed by atoms with van der Waals surface area (Å²) in [5, 5.41) is 28.1. The number of benzene rings is 1. The summed E-state index contributed by atoms with van der Waals surface area (Å²) in [4.78, 5) is 0. The molecule has 5 heteroatoms. The molecule has 0 saturated carbocycles. The molecule has 0 amide bonds. The number of nitrogens with two attached hydrogens (primary N) is 1. The summed E-state index contributed by atoms with van der Waals surface area (Å²) in [7, 11) is 0. The Morgan fingerprint density at radius 3 is 2.38 bits per heavy atom. The van der Waals surface area contributed by atoms with Crippen LogP contribution in [0.2, 0.25) is 0 Å². The van der Waals surface area contributed by atoms with Crippen molar-refractivity contribution < 1.29 is 15.3 Å². The molecule has 1 aromatic carbocycles. The van der Waals surface area contributed by atoms with Gasteiger partial charge >= 0.3 is 0 Å². The monoisotopic (exact) mass is 247 g/mol. The van der Waals surface area contributed by atoms with Gasteiger partial charge in [-0.15, -0.1) is 12.4 Å². The Balaban J connectivity index is 0.00000225. The van der Waals surface area contributed by atoms with Gasteiger partial charge in [0.25, 0.3) is 0 Å². The van der Waals surface area contributed by atoms with Crippen LogP contribution in [0.5, 0.6) is 11.5 Å². The van der Waals surface area contributed by atoms with Crippen molar-refractivity contribution in [2.24, 2.45) is 11.1 Å². The summed E-state index contributed by atoms with van der Waals surface area (Å²) >= 11 is 0. The van der Waals surface area contributed by atoms with Gasteiger partial charge < -0.3 is 21.1 Å². The molecule has 0 aliphatic carbocycles. The van der Waals surface area contributed by atoms with Crippen molar-refractivity contribution in [3.63, 3.8) is 0 Å². The summed E-state index contributed by atoms with van der Waals surface area (Å²) in [6, 6.07) is 4.10. The number of rotatable bonds is 3. The van der Waals surface area contributed by atoms with E-state index in [1.54, 1.807) is 26.0 Å². The number of halogens is 1. The van der Waals surface area contributed by atoms with Crippen LogP contribution in [-0.4, -0.2) is 21.9 Å². The third kappa shape index (κ3) is 2.78. The van der Waals surface area contributed by atoms with E-state index in [4.69, 9.17) is 10.8 Å². The lowest BCUT2D eigenvalue weighted by atomic mass is 9.81. The molecule has 0 spiro atoms. The van der Waals surface area contributed by atoms with Crippen LogP contribution in [-0.2, 0) is 0 Å². The largest absolute Gasteiger partial charge is 0.504 e. The van der Waals surface area contributed by atoms with E-state index >= 15 is 0 Å². The third-order valence-corrected chi connectivity index (χ3v) is 2.63. The van der Waals surface area contributed by atoms with Gasteiger partial charge in [-0.25, -0.2) is 0 Å². The number of phenolic OH excluding ortho intramolecular Hbond substituents is 2. The average molecular weight is 248 g/mol. The number of hydrogen-bond donors (Lipinski definition) is 4. The molecule has 0 aliphatic heterocycles. The van der Waals surface area contributed by atoms with Crippen molar-refractivity contribution in [1.29, 1.82) is 0 Å².